The summed E-state index contributed by atoms with van der Waals surface area (Å²) in [5, 5.41) is 21.7. The average molecular weight is 545 g/mol. The zero-order valence-electron chi connectivity index (χ0n) is 21.2. The van der Waals surface area contributed by atoms with E-state index in [1.54, 1.807) is 12.1 Å². The third-order valence-electron chi connectivity index (χ3n) is 6.64. The molecule has 3 N–H and O–H groups in total. The van der Waals surface area contributed by atoms with Gasteiger partial charge in [0.25, 0.3) is 11.5 Å². The Morgan fingerprint density at radius 2 is 1.92 bits per heavy atom. The van der Waals surface area contributed by atoms with Crippen molar-refractivity contribution in [2.45, 2.75) is 46.0 Å². The molecule has 4 heterocycles. The summed E-state index contributed by atoms with van der Waals surface area (Å²) in [7, 11) is 0. The van der Waals surface area contributed by atoms with Crippen molar-refractivity contribution in [2.75, 3.05) is 10.6 Å². The van der Waals surface area contributed by atoms with Gasteiger partial charge in [0.1, 0.15) is 0 Å². The SMILES string of the molecule is Cc1cc(NC(=O)c2nc3[nH]c4c(c(=O)n3n2)CCC4)c(C)cc1NC(=O)CCc1nnc(-c2ccsc2)o1. The van der Waals surface area contributed by atoms with Crippen LogP contribution in [-0.4, -0.2) is 41.6 Å². The Bertz CT molecular complexity index is 1780. The topological polar surface area (TPSA) is 160 Å². The molecular weight excluding hydrogens is 520 g/mol. The number of benzene rings is 1. The van der Waals surface area contributed by atoms with Crippen LogP contribution in [0, 0.1) is 13.8 Å². The van der Waals surface area contributed by atoms with Gasteiger partial charge in [-0.3, -0.25) is 14.4 Å². The Morgan fingerprint density at radius 1 is 1.13 bits per heavy atom. The van der Waals surface area contributed by atoms with Gasteiger partial charge < -0.3 is 20.0 Å². The maximum Gasteiger partial charge on any atom is 0.295 e. The number of nitrogens with one attached hydrogen (secondary N) is 3. The summed E-state index contributed by atoms with van der Waals surface area (Å²) >= 11 is 1.54. The first-order valence-electron chi connectivity index (χ1n) is 12.4. The number of carbonyl (C=O) groups excluding carboxylic acids is 2. The molecule has 198 valence electrons. The molecule has 0 fully saturated rings. The number of fused-ring (bicyclic) bond motifs is 2. The van der Waals surface area contributed by atoms with Crippen molar-refractivity contribution in [3.63, 3.8) is 0 Å². The molecule has 0 radical (unpaired) electrons. The lowest BCUT2D eigenvalue weighted by Crippen LogP contribution is -2.21. The third kappa shape index (κ3) is 4.83. The van der Waals surface area contributed by atoms with Crippen molar-refractivity contribution in [1.82, 2.24) is 29.8 Å². The number of aromatic nitrogens is 6. The number of H-pyrrole nitrogens is 1. The molecular formula is C26H24N8O4S. The highest BCUT2D eigenvalue weighted by Crippen LogP contribution is 2.26. The quantitative estimate of drug-likeness (QED) is 0.281. The van der Waals surface area contributed by atoms with E-state index in [0.29, 0.717) is 41.6 Å². The van der Waals surface area contributed by atoms with E-state index in [-0.39, 0.29) is 29.5 Å². The van der Waals surface area contributed by atoms with Crippen LogP contribution in [0.5, 0.6) is 0 Å². The number of hydrogen-bond donors (Lipinski definition) is 3. The van der Waals surface area contributed by atoms with Gasteiger partial charge in [0.15, 0.2) is 0 Å². The number of carbonyl (C=O) groups is 2. The molecule has 0 spiro atoms. The number of aromatic amines is 1. The summed E-state index contributed by atoms with van der Waals surface area (Å²) in [5.41, 5.74) is 4.85. The Kier molecular flexibility index (Phi) is 6.27. The second kappa shape index (κ2) is 9.91. The van der Waals surface area contributed by atoms with E-state index in [1.807, 2.05) is 30.7 Å². The van der Waals surface area contributed by atoms with Gasteiger partial charge in [0.05, 0.1) is 0 Å². The fourth-order valence-electron chi connectivity index (χ4n) is 4.57. The number of rotatable bonds is 7. The highest BCUT2D eigenvalue weighted by Gasteiger charge is 2.22. The number of amides is 2. The van der Waals surface area contributed by atoms with E-state index in [2.05, 4.69) is 35.9 Å². The molecule has 4 aromatic heterocycles. The summed E-state index contributed by atoms with van der Waals surface area (Å²) < 4.78 is 6.79. The van der Waals surface area contributed by atoms with Gasteiger partial charge in [-0.2, -0.15) is 20.8 Å². The van der Waals surface area contributed by atoms with Crippen molar-refractivity contribution in [3.8, 4) is 11.5 Å². The number of thiophene rings is 1. The minimum absolute atomic E-state index is 0.107. The zero-order valence-corrected chi connectivity index (χ0v) is 22.0. The molecule has 0 bridgehead atoms. The molecule has 1 aliphatic carbocycles. The van der Waals surface area contributed by atoms with Gasteiger partial charge in [-0.05, 0) is 67.8 Å². The lowest BCUT2D eigenvalue weighted by molar-refractivity contribution is -0.116. The lowest BCUT2D eigenvalue weighted by atomic mass is 10.1. The van der Waals surface area contributed by atoms with Crippen LogP contribution < -0.4 is 16.2 Å². The third-order valence-corrected chi connectivity index (χ3v) is 7.32. The molecule has 39 heavy (non-hydrogen) atoms. The van der Waals surface area contributed by atoms with Crippen molar-refractivity contribution in [2.24, 2.45) is 0 Å². The van der Waals surface area contributed by atoms with E-state index in [4.69, 9.17) is 4.42 Å². The van der Waals surface area contributed by atoms with Crippen molar-refractivity contribution >= 4 is 40.3 Å². The van der Waals surface area contributed by atoms with Crippen LogP contribution in [0.15, 0.2) is 38.2 Å². The molecule has 0 saturated heterocycles. The molecule has 0 atom stereocenters. The van der Waals surface area contributed by atoms with E-state index in [9.17, 15) is 14.4 Å². The average Bonchev–Trinajstić information content (AvgIpc) is 3.71. The molecule has 6 rings (SSSR count). The van der Waals surface area contributed by atoms with Crippen LogP contribution in [0.3, 0.4) is 0 Å². The minimum Gasteiger partial charge on any atom is -0.421 e. The van der Waals surface area contributed by atoms with E-state index in [1.165, 1.54) is 11.3 Å². The maximum absolute atomic E-state index is 12.9. The predicted octanol–water partition coefficient (Wildman–Crippen LogP) is 3.46. The minimum atomic E-state index is -0.535. The summed E-state index contributed by atoms with van der Waals surface area (Å²) in [5.74, 6) is 0.237. The summed E-state index contributed by atoms with van der Waals surface area (Å²) in [6.45, 7) is 3.65. The van der Waals surface area contributed by atoms with E-state index >= 15 is 0 Å². The molecule has 13 heteroatoms. The van der Waals surface area contributed by atoms with Crippen LogP contribution in [0.1, 0.15) is 51.7 Å². The maximum atomic E-state index is 12.9. The van der Waals surface area contributed by atoms with Crippen LogP contribution in [0.25, 0.3) is 17.2 Å². The number of hydrogen-bond acceptors (Lipinski definition) is 9. The fourth-order valence-corrected chi connectivity index (χ4v) is 5.20. The Hall–Kier alpha value is -4.65. The first kappa shape index (κ1) is 24.7. The molecule has 12 nitrogen and oxygen atoms in total. The number of nitrogens with zero attached hydrogens (tertiary/aromatic N) is 5. The first-order chi connectivity index (χ1) is 18.9. The van der Waals surface area contributed by atoms with Crippen LogP contribution in [0.2, 0.25) is 0 Å². The highest BCUT2D eigenvalue weighted by molar-refractivity contribution is 7.08. The smallest absolute Gasteiger partial charge is 0.295 e. The van der Waals surface area contributed by atoms with Crippen molar-refractivity contribution in [3.05, 3.63) is 73.4 Å². The Morgan fingerprint density at radius 3 is 2.69 bits per heavy atom. The molecule has 1 aromatic carbocycles. The Balaban J connectivity index is 1.11. The van der Waals surface area contributed by atoms with E-state index < -0.39 is 5.91 Å². The standard InChI is InChI=1S/C26H24N8O4S/c1-13-11-19(28-23(36)22-30-26-29-17-5-3-4-16(17)25(37)34(26)33-22)14(2)10-18(13)27-20(35)6-7-21-31-32-24(38-21)15-8-9-39-12-15/h8-12H,3-7H2,1-2H3,(H,27,35)(H,28,36)(H,29,30,33). The summed E-state index contributed by atoms with van der Waals surface area (Å²) in [6.07, 6.45) is 2.86. The second-order valence-electron chi connectivity index (χ2n) is 9.41. The first-order valence-corrected chi connectivity index (χ1v) is 13.4. The van der Waals surface area contributed by atoms with E-state index in [0.717, 1.165) is 39.7 Å². The summed E-state index contributed by atoms with van der Waals surface area (Å²) in [4.78, 5) is 45.5. The monoisotopic (exact) mass is 544 g/mol. The van der Waals surface area contributed by atoms with Crippen molar-refractivity contribution < 1.29 is 14.0 Å². The second-order valence-corrected chi connectivity index (χ2v) is 10.2. The molecule has 0 unspecified atom stereocenters. The van der Waals surface area contributed by atoms with Gasteiger partial charge in [0, 0.05) is 46.4 Å². The van der Waals surface area contributed by atoms with Crippen LogP contribution in [0.4, 0.5) is 11.4 Å². The zero-order chi connectivity index (χ0) is 27.1. The summed E-state index contributed by atoms with van der Waals surface area (Å²) in [6, 6.07) is 5.45. The number of aryl methyl sites for hydroxylation is 4. The molecule has 2 amide bonds. The van der Waals surface area contributed by atoms with Gasteiger partial charge >= 0.3 is 0 Å². The molecule has 5 aromatic rings. The largest absolute Gasteiger partial charge is 0.421 e. The lowest BCUT2D eigenvalue weighted by Gasteiger charge is -2.13. The molecule has 0 saturated carbocycles. The van der Waals surface area contributed by atoms with Gasteiger partial charge in [0.2, 0.25) is 29.3 Å². The predicted molar refractivity (Wildman–Crippen MR) is 144 cm³/mol. The normalized spacial score (nSPS) is 12.6. The van der Waals surface area contributed by atoms with Gasteiger partial charge in [-0.25, -0.2) is 0 Å². The highest BCUT2D eigenvalue weighted by atomic mass is 32.1. The van der Waals surface area contributed by atoms with Crippen LogP contribution in [-0.2, 0) is 24.1 Å². The Labute approximate surface area is 225 Å². The van der Waals surface area contributed by atoms with Crippen molar-refractivity contribution in [1.29, 1.82) is 0 Å². The van der Waals surface area contributed by atoms with Crippen LogP contribution >= 0.6 is 11.3 Å². The molecule has 0 aliphatic heterocycles. The van der Waals surface area contributed by atoms with Gasteiger partial charge in [-0.15, -0.1) is 15.3 Å². The number of anilines is 2. The van der Waals surface area contributed by atoms with Gasteiger partial charge in [-0.1, -0.05) is 0 Å². The molecule has 1 aliphatic rings. The fraction of sp³-hybridized carbons (Fsp3) is 0.269.